The summed E-state index contributed by atoms with van der Waals surface area (Å²) in [5.74, 6) is -0.239. The van der Waals surface area contributed by atoms with Gasteiger partial charge in [0.15, 0.2) is 6.23 Å². The highest BCUT2D eigenvalue weighted by molar-refractivity contribution is 6.01. The van der Waals surface area contributed by atoms with Gasteiger partial charge in [0.2, 0.25) is 5.78 Å². The first-order chi connectivity index (χ1) is 10.1. The summed E-state index contributed by atoms with van der Waals surface area (Å²) in [6, 6.07) is 8.83. The molecule has 0 aromatic heterocycles. The summed E-state index contributed by atoms with van der Waals surface area (Å²) in [6.45, 7) is 9.38. The van der Waals surface area contributed by atoms with E-state index in [2.05, 4.69) is 0 Å². The molecule has 1 aliphatic heterocycles. The Labute approximate surface area is 131 Å². The van der Waals surface area contributed by atoms with Gasteiger partial charge in [-0.2, -0.15) is 0 Å². The fraction of sp³-hybridized carbons (Fsp3) is 0.529. The molecular weight excluding hydrogens is 282 g/mol. The molecule has 0 bridgehead atoms. The summed E-state index contributed by atoms with van der Waals surface area (Å²) < 4.78 is 11.0. The van der Waals surface area contributed by atoms with Crippen molar-refractivity contribution in [2.24, 2.45) is 0 Å². The number of ketones is 1. The molecule has 1 aromatic rings. The monoisotopic (exact) mass is 305 g/mol. The zero-order chi connectivity index (χ0) is 16.5. The fourth-order valence-corrected chi connectivity index (χ4v) is 2.34. The van der Waals surface area contributed by atoms with E-state index >= 15 is 0 Å². The zero-order valence-corrected chi connectivity index (χ0v) is 13.8. The number of carbonyl (C=O) groups excluding carboxylic acids is 2. The third kappa shape index (κ3) is 3.47. The van der Waals surface area contributed by atoms with Gasteiger partial charge in [-0.25, -0.2) is 4.79 Å². The second-order valence-electron chi connectivity index (χ2n) is 7.06. The number of nitrogens with zero attached hydrogens (tertiary/aromatic N) is 1. The normalized spacial score (nSPS) is 20.8. The number of hydrogen-bond donors (Lipinski definition) is 0. The maximum Gasteiger partial charge on any atom is 0.413 e. The van der Waals surface area contributed by atoms with Crippen molar-refractivity contribution in [3.63, 3.8) is 0 Å². The Hall–Kier alpha value is -1.88. The van der Waals surface area contributed by atoms with Crippen LogP contribution >= 0.6 is 0 Å². The SMILES string of the molecule is CC(C)(C)OC(=O)N1[C@@H](C(=O)c2ccccc2)OCC1(C)C. The Kier molecular flexibility index (Phi) is 4.29. The van der Waals surface area contributed by atoms with Crippen LogP contribution in [0.25, 0.3) is 0 Å². The van der Waals surface area contributed by atoms with Crippen molar-refractivity contribution >= 4 is 11.9 Å². The quantitative estimate of drug-likeness (QED) is 0.787. The molecule has 5 heteroatoms. The molecule has 5 nitrogen and oxygen atoms in total. The average molecular weight is 305 g/mol. The minimum atomic E-state index is -0.952. The topological polar surface area (TPSA) is 55.8 Å². The molecule has 1 fully saturated rings. The van der Waals surface area contributed by atoms with Crippen LogP contribution < -0.4 is 0 Å². The van der Waals surface area contributed by atoms with Gasteiger partial charge in [0.25, 0.3) is 0 Å². The molecule has 1 saturated heterocycles. The van der Waals surface area contributed by atoms with Gasteiger partial charge in [0.05, 0.1) is 12.1 Å². The molecule has 22 heavy (non-hydrogen) atoms. The summed E-state index contributed by atoms with van der Waals surface area (Å²) in [5, 5.41) is 0. The van der Waals surface area contributed by atoms with Crippen LogP contribution in [0.3, 0.4) is 0 Å². The summed E-state index contributed by atoms with van der Waals surface area (Å²) in [6.07, 6.45) is -1.49. The Morgan fingerprint density at radius 1 is 1.23 bits per heavy atom. The lowest BCUT2D eigenvalue weighted by Gasteiger charge is -2.34. The van der Waals surface area contributed by atoms with E-state index in [9.17, 15) is 9.59 Å². The third-order valence-electron chi connectivity index (χ3n) is 3.35. The van der Waals surface area contributed by atoms with Crippen molar-refractivity contribution in [2.75, 3.05) is 6.61 Å². The van der Waals surface area contributed by atoms with Gasteiger partial charge < -0.3 is 9.47 Å². The molecule has 1 amide bonds. The van der Waals surface area contributed by atoms with Crippen LogP contribution in [0.1, 0.15) is 45.0 Å². The van der Waals surface area contributed by atoms with Gasteiger partial charge in [-0.05, 0) is 34.6 Å². The Bertz CT molecular complexity index is 560. The predicted molar refractivity (Wildman–Crippen MR) is 82.7 cm³/mol. The summed E-state index contributed by atoms with van der Waals surface area (Å²) >= 11 is 0. The van der Waals surface area contributed by atoms with Gasteiger partial charge in [-0.15, -0.1) is 0 Å². The highest BCUT2D eigenvalue weighted by atomic mass is 16.6. The molecular formula is C17H23NO4. The number of Topliss-reactive ketones (excluding diaryl/α,β-unsaturated/α-hetero) is 1. The molecule has 2 rings (SSSR count). The van der Waals surface area contributed by atoms with E-state index in [-0.39, 0.29) is 12.4 Å². The summed E-state index contributed by atoms with van der Waals surface area (Å²) in [7, 11) is 0. The molecule has 120 valence electrons. The van der Waals surface area contributed by atoms with Gasteiger partial charge in [0.1, 0.15) is 5.60 Å². The van der Waals surface area contributed by atoms with Gasteiger partial charge >= 0.3 is 6.09 Å². The van der Waals surface area contributed by atoms with E-state index < -0.39 is 23.5 Å². The number of rotatable bonds is 2. The standard InChI is InChI=1S/C17H23NO4/c1-16(2,3)22-15(20)18-14(21-11-17(18,4)5)13(19)12-9-7-6-8-10-12/h6-10,14H,11H2,1-5H3/t14-/m1/s1. The van der Waals surface area contributed by atoms with Crippen LogP contribution in [0.2, 0.25) is 0 Å². The van der Waals surface area contributed by atoms with Crippen molar-refractivity contribution in [1.82, 2.24) is 4.90 Å². The Balaban J connectivity index is 2.27. The molecule has 0 unspecified atom stereocenters. The fourth-order valence-electron chi connectivity index (χ4n) is 2.34. The Morgan fingerprint density at radius 3 is 2.36 bits per heavy atom. The van der Waals surface area contributed by atoms with Crippen molar-refractivity contribution in [3.8, 4) is 0 Å². The van der Waals surface area contributed by atoms with Crippen molar-refractivity contribution < 1.29 is 19.1 Å². The first-order valence-electron chi connectivity index (χ1n) is 7.35. The van der Waals surface area contributed by atoms with E-state index in [1.807, 2.05) is 19.9 Å². The average Bonchev–Trinajstić information content (AvgIpc) is 2.72. The zero-order valence-electron chi connectivity index (χ0n) is 13.8. The van der Waals surface area contributed by atoms with Gasteiger partial charge in [0, 0.05) is 5.56 Å². The predicted octanol–water partition coefficient (Wildman–Crippen LogP) is 3.24. The second kappa shape index (κ2) is 5.72. The lowest BCUT2D eigenvalue weighted by molar-refractivity contribution is -0.0127. The number of amides is 1. The van der Waals surface area contributed by atoms with Crippen LogP contribution in [0.15, 0.2) is 30.3 Å². The van der Waals surface area contributed by atoms with E-state index in [1.54, 1.807) is 45.0 Å². The minimum Gasteiger partial charge on any atom is -0.444 e. The van der Waals surface area contributed by atoms with Crippen LogP contribution in [0.5, 0.6) is 0 Å². The smallest absolute Gasteiger partial charge is 0.413 e. The number of carbonyl (C=O) groups is 2. The maximum atomic E-state index is 12.6. The van der Waals surface area contributed by atoms with Gasteiger partial charge in [-0.3, -0.25) is 9.69 Å². The van der Waals surface area contributed by atoms with Crippen LogP contribution in [0.4, 0.5) is 4.79 Å². The van der Waals surface area contributed by atoms with E-state index in [0.717, 1.165) is 0 Å². The third-order valence-corrected chi connectivity index (χ3v) is 3.35. The molecule has 0 aliphatic carbocycles. The van der Waals surface area contributed by atoms with Crippen LogP contribution in [-0.4, -0.2) is 40.8 Å². The molecule has 1 atom stereocenters. The van der Waals surface area contributed by atoms with Gasteiger partial charge in [-0.1, -0.05) is 30.3 Å². The molecule has 1 heterocycles. The highest BCUT2D eigenvalue weighted by Gasteiger charge is 2.48. The number of benzene rings is 1. The van der Waals surface area contributed by atoms with Crippen LogP contribution in [0, 0.1) is 0 Å². The minimum absolute atomic E-state index is 0.239. The maximum absolute atomic E-state index is 12.6. The van der Waals surface area contributed by atoms with E-state index in [4.69, 9.17) is 9.47 Å². The molecule has 0 spiro atoms. The lowest BCUT2D eigenvalue weighted by Crippen LogP contribution is -2.52. The second-order valence-corrected chi connectivity index (χ2v) is 7.06. The number of hydrogen-bond acceptors (Lipinski definition) is 4. The molecule has 0 saturated carbocycles. The lowest BCUT2D eigenvalue weighted by atomic mass is 10.0. The van der Waals surface area contributed by atoms with Crippen molar-refractivity contribution in [1.29, 1.82) is 0 Å². The van der Waals surface area contributed by atoms with Crippen LogP contribution in [-0.2, 0) is 9.47 Å². The molecule has 1 aromatic carbocycles. The summed E-state index contributed by atoms with van der Waals surface area (Å²) in [5.41, 5.74) is -0.716. The van der Waals surface area contributed by atoms with E-state index in [1.165, 1.54) is 4.90 Å². The molecule has 0 N–H and O–H groups in total. The molecule has 1 aliphatic rings. The van der Waals surface area contributed by atoms with E-state index in [0.29, 0.717) is 5.56 Å². The number of ether oxygens (including phenoxy) is 2. The first-order valence-corrected chi connectivity index (χ1v) is 7.35. The first kappa shape index (κ1) is 16.5. The highest BCUT2D eigenvalue weighted by Crippen LogP contribution is 2.30. The Morgan fingerprint density at radius 2 is 1.82 bits per heavy atom. The summed E-state index contributed by atoms with van der Waals surface area (Å²) in [4.78, 5) is 26.5. The largest absolute Gasteiger partial charge is 0.444 e. The molecule has 0 radical (unpaired) electrons. The van der Waals surface area contributed by atoms with Crippen molar-refractivity contribution in [3.05, 3.63) is 35.9 Å². The van der Waals surface area contributed by atoms with Crippen molar-refractivity contribution in [2.45, 2.75) is 52.0 Å².